The van der Waals surface area contributed by atoms with Gasteiger partial charge >= 0.3 is 0 Å². The topological polar surface area (TPSA) is 15.6 Å². The highest BCUT2D eigenvalue weighted by Gasteiger charge is 2.22. The maximum absolute atomic E-state index is 4.18. The van der Waals surface area contributed by atoms with Crippen LogP contribution in [0.15, 0.2) is 17.3 Å². The third-order valence-corrected chi connectivity index (χ3v) is 2.26. The van der Waals surface area contributed by atoms with E-state index in [-0.39, 0.29) is 0 Å². The first-order chi connectivity index (χ1) is 4.97. The SMILES string of the molecule is C1=CN(C2CCC2)CN=C1. The summed E-state index contributed by atoms with van der Waals surface area (Å²) in [4.78, 5) is 6.50. The van der Waals surface area contributed by atoms with Crippen LogP contribution in [0, 0.1) is 0 Å². The minimum Gasteiger partial charge on any atom is -0.355 e. The highest BCUT2D eigenvalue weighted by molar-refractivity contribution is 5.71. The van der Waals surface area contributed by atoms with E-state index in [0.29, 0.717) is 0 Å². The van der Waals surface area contributed by atoms with Gasteiger partial charge in [0.05, 0.1) is 0 Å². The highest BCUT2D eigenvalue weighted by Crippen LogP contribution is 2.25. The summed E-state index contributed by atoms with van der Waals surface area (Å²) in [7, 11) is 0. The Morgan fingerprint density at radius 2 is 2.30 bits per heavy atom. The standard InChI is InChI=1S/C8H12N2/c1-3-8(4-1)10-6-2-5-9-7-10/h2,5-6,8H,1,3-4,7H2. The van der Waals surface area contributed by atoms with E-state index >= 15 is 0 Å². The molecular weight excluding hydrogens is 124 g/mol. The van der Waals surface area contributed by atoms with Crippen LogP contribution in [-0.2, 0) is 0 Å². The molecule has 0 spiro atoms. The minimum absolute atomic E-state index is 0.800. The molecule has 2 nitrogen and oxygen atoms in total. The second-order valence-electron chi connectivity index (χ2n) is 2.91. The van der Waals surface area contributed by atoms with Gasteiger partial charge in [-0.2, -0.15) is 0 Å². The molecule has 54 valence electrons. The monoisotopic (exact) mass is 136 g/mol. The Labute approximate surface area is 61.2 Å². The molecule has 1 aliphatic heterocycles. The molecule has 0 saturated heterocycles. The van der Waals surface area contributed by atoms with Gasteiger partial charge in [0.15, 0.2) is 0 Å². The largest absolute Gasteiger partial charge is 0.355 e. The molecule has 0 unspecified atom stereocenters. The Bertz CT molecular complexity index is 168. The highest BCUT2D eigenvalue weighted by atomic mass is 15.2. The van der Waals surface area contributed by atoms with Gasteiger partial charge in [-0.1, -0.05) is 0 Å². The maximum Gasteiger partial charge on any atom is 0.110 e. The van der Waals surface area contributed by atoms with Crippen LogP contribution in [0.2, 0.25) is 0 Å². The second kappa shape index (κ2) is 2.45. The van der Waals surface area contributed by atoms with E-state index in [0.717, 1.165) is 12.7 Å². The van der Waals surface area contributed by atoms with Crippen molar-refractivity contribution in [3.8, 4) is 0 Å². The number of nitrogens with zero attached hydrogens (tertiary/aromatic N) is 2. The zero-order valence-corrected chi connectivity index (χ0v) is 6.03. The molecule has 0 aromatic rings. The van der Waals surface area contributed by atoms with Crippen LogP contribution in [-0.4, -0.2) is 23.8 Å². The fourth-order valence-corrected chi connectivity index (χ4v) is 1.35. The van der Waals surface area contributed by atoms with E-state index in [9.17, 15) is 0 Å². The Morgan fingerprint density at radius 3 is 2.80 bits per heavy atom. The molecule has 0 aromatic carbocycles. The molecule has 1 saturated carbocycles. The lowest BCUT2D eigenvalue weighted by molar-refractivity contribution is 0.187. The molecule has 0 amide bonds. The number of aliphatic imine (C=N–C) groups is 1. The normalized spacial score (nSPS) is 25.0. The summed E-state index contributed by atoms with van der Waals surface area (Å²) in [5, 5.41) is 0. The smallest absolute Gasteiger partial charge is 0.110 e. The number of allylic oxidation sites excluding steroid dienone is 1. The molecule has 0 N–H and O–H groups in total. The number of rotatable bonds is 1. The van der Waals surface area contributed by atoms with Gasteiger partial charge < -0.3 is 4.90 Å². The third kappa shape index (κ3) is 0.939. The Morgan fingerprint density at radius 1 is 1.40 bits per heavy atom. The van der Waals surface area contributed by atoms with Crippen molar-refractivity contribution in [2.75, 3.05) is 6.67 Å². The first-order valence-electron chi connectivity index (χ1n) is 3.89. The van der Waals surface area contributed by atoms with Crippen LogP contribution >= 0.6 is 0 Å². The lowest BCUT2D eigenvalue weighted by atomic mass is 9.92. The summed E-state index contributed by atoms with van der Waals surface area (Å²) in [6.07, 6.45) is 10.2. The van der Waals surface area contributed by atoms with Crippen molar-refractivity contribution >= 4 is 6.21 Å². The van der Waals surface area contributed by atoms with Crippen LogP contribution in [0.4, 0.5) is 0 Å². The van der Waals surface area contributed by atoms with Gasteiger partial charge in [-0.15, -0.1) is 0 Å². The average Bonchev–Trinajstić information content (AvgIpc) is 1.86. The minimum atomic E-state index is 0.800. The van der Waals surface area contributed by atoms with Crippen LogP contribution in [0.25, 0.3) is 0 Å². The van der Waals surface area contributed by atoms with Gasteiger partial charge in [-0.25, -0.2) is 0 Å². The van der Waals surface area contributed by atoms with E-state index in [1.165, 1.54) is 19.3 Å². The van der Waals surface area contributed by atoms with Crippen LogP contribution < -0.4 is 0 Å². The molecule has 1 fully saturated rings. The predicted molar refractivity (Wildman–Crippen MR) is 42.0 cm³/mol. The fourth-order valence-electron chi connectivity index (χ4n) is 1.35. The van der Waals surface area contributed by atoms with Crippen molar-refractivity contribution in [2.45, 2.75) is 25.3 Å². The van der Waals surface area contributed by atoms with Gasteiger partial charge in [-0.3, -0.25) is 4.99 Å². The molecule has 2 aliphatic rings. The lowest BCUT2D eigenvalue weighted by Crippen LogP contribution is -2.37. The van der Waals surface area contributed by atoms with Crippen LogP contribution in [0.1, 0.15) is 19.3 Å². The van der Waals surface area contributed by atoms with Gasteiger partial charge in [0, 0.05) is 18.5 Å². The van der Waals surface area contributed by atoms with Crippen molar-refractivity contribution in [1.82, 2.24) is 4.90 Å². The Kier molecular flexibility index (Phi) is 1.46. The van der Waals surface area contributed by atoms with Gasteiger partial charge in [0.25, 0.3) is 0 Å². The summed E-state index contributed by atoms with van der Waals surface area (Å²) in [6.45, 7) is 0.876. The summed E-state index contributed by atoms with van der Waals surface area (Å²) < 4.78 is 0. The van der Waals surface area contributed by atoms with Gasteiger partial charge in [0.1, 0.15) is 6.67 Å². The van der Waals surface area contributed by atoms with Crippen LogP contribution in [0.3, 0.4) is 0 Å². The molecule has 0 radical (unpaired) electrons. The van der Waals surface area contributed by atoms with Crippen LogP contribution in [0.5, 0.6) is 0 Å². The van der Waals surface area contributed by atoms with E-state index in [4.69, 9.17) is 0 Å². The fraction of sp³-hybridized carbons (Fsp3) is 0.625. The number of hydrogen-bond acceptors (Lipinski definition) is 2. The summed E-state index contributed by atoms with van der Waals surface area (Å²) in [5.74, 6) is 0. The zero-order valence-electron chi connectivity index (χ0n) is 6.03. The molecule has 2 rings (SSSR count). The Balaban J connectivity index is 1.92. The predicted octanol–water partition coefficient (Wildman–Crippen LogP) is 1.40. The number of hydrogen-bond donors (Lipinski definition) is 0. The van der Waals surface area contributed by atoms with Gasteiger partial charge in [0.2, 0.25) is 0 Å². The van der Waals surface area contributed by atoms with E-state index < -0.39 is 0 Å². The van der Waals surface area contributed by atoms with E-state index in [2.05, 4.69) is 16.1 Å². The maximum atomic E-state index is 4.18. The van der Waals surface area contributed by atoms with E-state index in [1.807, 2.05) is 12.3 Å². The summed E-state index contributed by atoms with van der Waals surface area (Å²) in [6, 6.07) is 0.800. The summed E-state index contributed by atoms with van der Waals surface area (Å²) in [5.41, 5.74) is 0. The van der Waals surface area contributed by atoms with Gasteiger partial charge in [-0.05, 0) is 25.3 Å². The van der Waals surface area contributed by atoms with Crippen molar-refractivity contribution in [3.05, 3.63) is 12.3 Å². The zero-order chi connectivity index (χ0) is 6.81. The van der Waals surface area contributed by atoms with Crippen molar-refractivity contribution in [1.29, 1.82) is 0 Å². The molecule has 0 aromatic heterocycles. The molecule has 1 heterocycles. The molecule has 2 heteroatoms. The Hall–Kier alpha value is -0.790. The second-order valence-corrected chi connectivity index (χ2v) is 2.91. The molecule has 1 aliphatic carbocycles. The third-order valence-electron chi connectivity index (χ3n) is 2.26. The molecular formula is C8H12N2. The van der Waals surface area contributed by atoms with Crippen molar-refractivity contribution < 1.29 is 0 Å². The first-order valence-corrected chi connectivity index (χ1v) is 3.89. The summed E-state index contributed by atoms with van der Waals surface area (Å²) >= 11 is 0. The molecule has 0 bridgehead atoms. The quantitative estimate of drug-likeness (QED) is 0.532. The van der Waals surface area contributed by atoms with Crippen molar-refractivity contribution in [2.24, 2.45) is 4.99 Å². The molecule has 10 heavy (non-hydrogen) atoms. The van der Waals surface area contributed by atoms with Crippen molar-refractivity contribution in [3.63, 3.8) is 0 Å². The first kappa shape index (κ1) is 5.96. The molecule has 0 atom stereocenters. The lowest BCUT2D eigenvalue weighted by Gasteiger charge is -2.36. The average molecular weight is 136 g/mol. The van der Waals surface area contributed by atoms with E-state index in [1.54, 1.807) is 0 Å².